The highest BCUT2D eigenvalue weighted by Gasteiger charge is 2.55. The lowest BCUT2D eigenvalue weighted by Gasteiger charge is -2.30. The summed E-state index contributed by atoms with van der Waals surface area (Å²) in [6.45, 7) is 0.729. The number of carbonyl (C=O) groups excluding carboxylic acids is 1. The molecule has 3 fully saturated rings. The molecule has 0 aromatic heterocycles. The Balaban J connectivity index is 1.88. The van der Waals surface area contributed by atoms with Gasteiger partial charge in [-0.3, -0.25) is 4.79 Å². The normalized spacial score (nSPS) is 50.5. The quantitative estimate of drug-likeness (QED) is 0.512. The highest BCUT2D eigenvalue weighted by molar-refractivity contribution is 5.72. The minimum Gasteiger partial charge on any atom is -0.465 e. The fraction of sp³-hybridized carbons (Fsp3) is 0.900. The molecule has 3 atom stereocenters. The summed E-state index contributed by atoms with van der Waals surface area (Å²) in [6, 6.07) is 0. The van der Waals surface area contributed by atoms with Crippen molar-refractivity contribution in [2.75, 3.05) is 6.61 Å². The van der Waals surface area contributed by atoms with Crippen molar-refractivity contribution in [1.29, 1.82) is 0 Å². The molecule has 2 nitrogen and oxygen atoms in total. The van der Waals surface area contributed by atoms with Crippen LogP contribution in [0.3, 0.4) is 0 Å². The van der Waals surface area contributed by atoms with Gasteiger partial charge < -0.3 is 4.74 Å². The van der Waals surface area contributed by atoms with Gasteiger partial charge in [-0.2, -0.15) is 0 Å². The van der Waals surface area contributed by atoms with Crippen molar-refractivity contribution in [3.63, 3.8) is 0 Å². The fourth-order valence-electron chi connectivity index (χ4n) is 3.57. The van der Waals surface area contributed by atoms with Crippen molar-refractivity contribution in [2.24, 2.45) is 17.3 Å². The maximum absolute atomic E-state index is 11.1. The minimum atomic E-state index is 0.0440. The monoisotopic (exact) mass is 166 g/mol. The molecule has 0 aromatic carbocycles. The molecule has 1 aliphatic heterocycles. The minimum absolute atomic E-state index is 0.0440. The van der Waals surface area contributed by atoms with Gasteiger partial charge in [-0.05, 0) is 31.1 Å². The average molecular weight is 166 g/mol. The van der Waals surface area contributed by atoms with E-state index in [2.05, 4.69) is 0 Å². The number of ether oxygens (including phenoxy) is 1. The van der Waals surface area contributed by atoms with Crippen LogP contribution < -0.4 is 0 Å². The van der Waals surface area contributed by atoms with Gasteiger partial charge in [0.05, 0.1) is 13.0 Å². The van der Waals surface area contributed by atoms with Gasteiger partial charge >= 0.3 is 5.97 Å². The predicted molar refractivity (Wildman–Crippen MR) is 43.5 cm³/mol. The summed E-state index contributed by atoms with van der Waals surface area (Å²) in [5, 5.41) is 0. The van der Waals surface area contributed by atoms with E-state index in [9.17, 15) is 4.79 Å². The van der Waals surface area contributed by atoms with E-state index in [-0.39, 0.29) is 5.97 Å². The van der Waals surface area contributed by atoms with Gasteiger partial charge in [-0.25, -0.2) is 0 Å². The third kappa shape index (κ3) is 0.732. The Morgan fingerprint density at radius 1 is 1.42 bits per heavy atom. The topological polar surface area (TPSA) is 26.3 Å². The zero-order valence-electron chi connectivity index (χ0n) is 7.21. The highest BCUT2D eigenvalue weighted by Crippen LogP contribution is 2.59. The first-order chi connectivity index (χ1) is 5.78. The van der Waals surface area contributed by atoms with Gasteiger partial charge in [-0.1, -0.05) is 6.42 Å². The molecule has 12 heavy (non-hydrogen) atoms. The Morgan fingerprint density at radius 3 is 2.83 bits per heavy atom. The zero-order chi connectivity index (χ0) is 8.18. The first kappa shape index (κ1) is 6.93. The van der Waals surface area contributed by atoms with Crippen LogP contribution in [0.15, 0.2) is 0 Å². The Labute approximate surface area is 72.3 Å². The van der Waals surface area contributed by atoms with Crippen molar-refractivity contribution < 1.29 is 9.53 Å². The van der Waals surface area contributed by atoms with Crippen LogP contribution in [0.5, 0.6) is 0 Å². The Bertz CT molecular complexity index is 236. The Kier molecular flexibility index (Phi) is 1.18. The molecule has 0 aromatic rings. The first-order valence-corrected chi connectivity index (χ1v) is 4.94. The van der Waals surface area contributed by atoms with Crippen molar-refractivity contribution >= 4 is 5.97 Å². The first-order valence-electron chi connectivity index (χ1n) is 4.94. The molecular weight excluding hydrogens is 152 g/mol. The standard InChI is InChI=1S/C10H14O2/c11-9-5-10(6-12-9)4-7-1-2-8(10)3-7/h7-8H,1-6H2/t7-,8?,10?/m1/s1. The Hall–Kier alpha value is -0.530. The van der Waals surface area contributed by atoms with Crippen LogP contribution in [0.4, 0.5) is 0 Å². The zero-order valence-corrected chi connectivity index (χ0v) is 7.21. The lowest BCUT2D eigenvalue weighted by atomic mass is 9.73. The molecule has 0 radical (unpaired) electrons. The molecule has 1 spiro atoms. The van der Waals surface area contributed by atoms with Crippen LogP contribution in [0.1, 0.15) is 32.1 Å². The second-order valence-corrected chi connectivity index (χ2v) is 4.78. The third-order valence-corrected chi connectivity index (χ3v) is 4.12. The molecule has 0 N–H and O–H groups in total. The summed E-state index contributed by atoms with van der Waals surface area (Å²) < 4.78 is 5.10. The van der Waals surface area contributed by atoms with E-state index in [0.717, 1.165) is 18.4 Å². The number of hydrogen-bond donors (Lipinski definition) is 0. The number of fused-ring (bicyclic) bond motifs is 3. The molecule has 2 saturated carbocycles. The number of esters is 1. The van der Waals surface area contributed by atoms with Crippen LogP contribution in [0, 0.1) is 17.3 Å². The van der Waals surface area contributed by atoms with Crippen molar-refractivity contribution in [3.8, 4) is 0 Å². The summed E-state index contributed by atoms with van der Waals surface area (Å²) >= 11 is 0. The second kappa shape index (κ2) is 2.04. The second-order valence-electron chi connectivity index (χ2n) is 4.78. The van der Waals surface area contributed by atoms with E-state index in [1.54, 1.807) is 0 Å². The molecule has 2 unspecified atom stereocenters. The van der Waals surface area contributed by atoms with E-state index in [1.165, 1.54) is 25.7 Å². The molecule has 2 heteroatoms. The lowest BCUT2D eigenvalue weighted by molar-refractivity contribution is -0.137. The van der Waals surface area contributed by atoms with Gasteiger partial charge in [0.1, 0.15) is 0 Å². The predicted octanol–water partition coefficient (Wildman–Crippen LogP) is 1.74. The number of hydrogen-bond acceptors (Lipinski definition) is 2. The number of cyclic esters (lactones) is 1. The van der Waals surface area contributed by atoms with E-state index >= 15 is 0 Å². The molecule has 1 heterocycles. The largest absolute Gasteiger partial charge is 0.465 e. The van der Waals surface area contributed by atoms with E-state index in [0.29, 0.717) is 11.8 Å². The summed E-state index contributed by atoms with van der Waals surface area (Å²) in [7, 11) is 0. The van der Waals surface area contributed by atoms with Crippen molar-refractivity contribution in [2.45, 2.75) is 32.1 Å². The maximum Gasteiger partial charge on any atom is 0.306 e. The molecule has 3 rings (SSSR count). The molecule has 1 saturated heterocycles. The SMILES string of the molecule is O=C1CC2(CO1)C[C@@H]1CCC2C1. The highest BCUT2D eigenvalue weighted by atomic mass is 16.5. The van der Waals surface area contributed by atoms with Crippen LogP contribution in [-0.2, 0) is 9.53 Å². The molecular formula is C10H14O2. The van der Waals surface area contributed by atoms with Crippen molar-refractivity contribution in [3.05, 3.63) is 0 Å². The molecule has 0 amide bonds. The lowest BCUT2D eigenvalue weighted by Crippen LogP contribution is -2.27. The maximum atomic E-state index is 11.1. The van der Waals surface area contributed by atoms with Crippen molar-refractivity contribution in [1.82, 2.24) is 0 Å². The van der Waals surface area contributed by atoms with Gasteiger partial charge in [0.25, 0.3) is 0 Å². The van der Waals surface area contributed by atoms with Crippen LogP contribution in [0.2, 0.25) is 0 Å². The van der Waals surface area contributed by atoms with Crippen LogP contribution in [-0.4, -0.2) is 12.6 Å². The summed E-state index contributed by atoms with van der Waals surface area (Å²) in [5.41, 5.74) is 0.306. The van der Waals surface area contributed by atoms with Crippen LogP contribution in [0.25, 0.3) is 0 Å². The summed E-state index contributed by atoms with van der Waals surface area (Å²) in [6.07, 6.45) is 6.11. The number of carbonyl (C=O) groups is 1. The van der Waals surface area contributed by atoms with Gasteiger partial charge in [0.2, 0.25) is 0 Å². The van der Waals surface area contributed by atoms with E-state index < -0.39 is 0 Å². The smallest absolute Gasteiger partial charge is 0.306 e. The van der Waals surface area contributed by atoms with Gasteiger partial charge in [0.15, 0.2) is 0 Å². The van der Waals surface area contributed by atoms with E-state index in [1.807, 2.05) is 0 Å². The van der Waals surface area contributed by atoms with Gasteiger partial charge in [0, 0.05) is 5.41 Å². The molecule has 66 valence electrons. The fourth-order valence-corrected chi connectivity index (χ4v) is 3.57. The number of rotatable bonds is 0. The summed E-state index contributed by atoms with van der Waals surface area (Å²) in [5.74, 6) is 1.78. The third-order valence-electron chi connectivity index (χ3n) is 4.12. The van der Waals surface area contributed by atoms with Gasteiger partial charge in [-0.15, -0.1) is 0 Å². The molecule has 2 aliphatic carbocycles. The Morgan fingerprint density at radius 2 is 2.33 bits per heavy atom. The van der Waals surface area contributed by atoms with Crippen LogP contribution >= 0.6 is 0 Å². The van der Waals surface area contributed by atoms with E-state index in [4.69, 9.17) is 4.74 Å². The molecule has 2 bridgehead atoms. The molecule has 3 aliphatic rings. The summed E-state index contributed by atoms with van der Waals surface area (Å²) in [4.78, 5) is 11.1. The average Bonchev–Trinajstić information content (AvgIpc) is 2.67.